The van der Waals surface area contributed by atoms with Gasteiger partial charge in [0.2, 0.25) is 0 Å². The molecule has 2 atom stereocenters. The number of hydrogen-bond donors (Lipinski definition) is 2. The molecule has 0 radical (unpaired) electrons. The van der Waals surface area contributed by atoms with Gasteiger partial charge in [0.15, 0.2) is 5.78 Å². The zero-order chi connectivity index (χ0) is 15.5. The molecule has 2 N–H and O–H groups in total. The number of aliphatic hydroxyl groups is 1. The number of carbonyl (C=O) groups is 2. The first-order valence-electron chi connectivity index (χ1n) is 6.89. The SMILES string of the molecule is CC[C@H](C)[C@@H](N=CC1=C(O)CC(C)(C)CC1=O)C(=O)O. The summed E-state index contributed by atoms with van der Waals surface area (Å²) in [5.41, 5.74) is -0.111. The smallest absolute Gasteiger partial charge is 0.328 e. The van der Waals surface area contributed by atoms with Crippen LogP contribution in [-0.2, 0) is 9.59 Å². The van der Waals surface area contributed by atoms with Gasteiger partial charge in [-0.1, -0.05) is 34.1 Å². The monoisotopic (exact) mass is 281 g/mol. The van der Waals surface area contributed by atoms with E-state index in [-0.39, 0.29) is 28.4 Å². The Morgan fingerprint density at radius 2 is 2.05 bits per heavy atom. The molecule has 1 aliphatic rings. The number of aliphatic imine (C=N–C) groups is 1. The Kier molecular flexibility index (Phi) is 5.09. The summed E-state index contributed by atoms with van der Waals surface area (Å²) in [7, 11) is 0. The van der Waals surface area contributed by atoms with Crippen molar-refractivity contribution in [1.29, 1.82) is 0 Å². The number of carboxylic acids is 1. The minimum absolute atomic E-state index is 0.00305. The minimum atomic E-state index is -1.01. The van der Waals surface area contributed by atoms with Gasteiger partial charge in [-0.05, 0) is 11.3 Å². The average Bonchev–Trinajstić information content (AvgIpc) is 2.30. The maximum atomic E-state index is 12.0. The Morgan fingerprint density at radius 1 is 1.45 bits per heavy atom. The fourth-order valence-corrected chi connectivity index (χ4v) is 2.28. The molecule has 1 rings (SSSR count). The van der Waals surface area contributed by atoms with Gasteiger partial charge in [-0.25, -0.2) is 4.79 Å². The molecule has 0 heterocycles. The summed E-state index contributed by atoms with van der Waals surface area (Å²) >= 11 is 0. The molecule has 0 amide bonds. The van der Waals surface area contributed by atoms with E-state index in [2.05, 4.69) is 4.99 Å². The fraction of sp³-hybridized carbons (Fsp3) is 0.667. The molecule has 0 aliphatic heterocycles. The summed E-state index contributed by atoms with van der Waals surface area (Å²) in [5.74, 6) is -1.32. The normalized spacial score (nSPS) is 22.1. The van der Waals surface area contributed by atoms with Gasteiger partial charge in [0.1, 0.15) is 11.8 Å². The van der Waals surface area contributed by atoms with E-state index in [4.69, 9.17) is 5.11 Å². The molecular weight excluding hydrogens is 258 g/mol. The van der Waals surface area contributed by atoms with Crippen LogP contribution < -0.4 is 0 Å². The lowest BCUT2D eigenvalue weighted by Crippen LogP contribution is -2.28. The highest BCUT2D eigenvalue weighted by Crippen LogP contribution is 2.35. The zero-order valence-electron chi connectivity index (χ0n) is 12.5. The number of aliphatic carboxylic acids is 1. The molecule has 112 valence electrons. The van der Waals surface area contributed by atoms with Crippen LogP contribution in [0.4, 0.5) is 0 Å². The predicted octanol–water partition coefficient (Wildman–Crippen LogP) is 2.76. The third kappa shape index (κ3) is 3.92. The lowest BCUT2D eigenvalue weighted by Gasteiger charge is -2.28. The Morgan fingerprint density at radius 3 is 2.50 bits per heavy atom. The van der Waals surface area contributed by atoms with Crippen molar-refractivity contribution in [3.63, 3.8) is 0 Å². The van der Waals surface area contributed by atoms with Gasteiger partial charge in [-0.2, -0.15) is 0 Å². The highest BCUT2D eigenvalue weighted by atomic mass is 16.4. The molecule has 1 aliphatic carbocycles. The first-order valence-corrected chi connectivity index (χ1v) is 6.89. The molecule has 0 fully saturated rings. The van der Waals surface area contributed by atoms with Crippen molar-refractivity contribution in [3.8, 4) is 0 Å². The van der Waals surface area contributed by atoms with Crippen LogP contribution >= 0.6 is 0 Å². The summed E-state index contributed by atoms with van der Waals surface area (Å²) in [6, 6.07) is -0.886. The standard InChI is InChI=1S/C15H23NO4/c1-5-9(2)13(14(19)20)16-8-10-11(17)6-15(3,4)7-12(10)18/h8-9,13,17H,5-7H2,1-4H3,(H,19,20)/t9-,13+/m0/s1. The van der Waals surface area contributed by atoms with Crippen LogP contribution in [0.3, 0.4) is 0 Å². The molecule has 0 aromatic heterocycles. The minimum Gasteiger partial charge on any atom is -0.511 e. The molecule has 0 saturated heterocycles. The van der Waals surface area contributed by atoms with Crippen molar-refractivity contribution >= 4 is 18.0 Å². The third-order valence-corrected chi connectivity index (χ3v) is 3.70. The number of ketones is 1. The van der Waals surface area contributed by atoms with E-state index in [0.717, 1.165) is 0 Å². The molecule has 0 unspecified atom stereocenters. The number of rotatable bonds is 5. The average molecular weight is 281 g/mol. The maximum Gasteiger partial charge on any atom is 0.328 e. The van der Waals surface area contributed by atoms with Crippen molar-refractivity contribution in [2.24, 2.45) is 16.3 Å². The highest BCUT2D eigenvalue weighted by molar-refractivity contribution is 6.14. The first-order chi connectivity index (χ1) is 9.18. The lowest BCUT2D eigenvalue weighted by molar-refractivity contribution is -0.139. The Bertz CT molecular complexity index is 462. The molecule has 0 spiro atoms. The summed E-state index contributed by atoms with van der Waals surface area (Å²) in [4.78, 5) is 27.2. The number of aliphatic hydroxyl groups excluding tert-OH is 1. The van der Waals surface area contributed by atoms with E-state index in [1.54, 1.807) is 6.92 Å². The Labute approximate surface area is 119 Å². The second-order valence-corrected chi connectivity index (χ2v) is 6.25. The van der Waals surface area contributed by atoms with E-state index in [1.165, 1.54) is 6.21 Å². The van der Waals surface area contributed by atoms with E-state index in [0.29, 0.717) is 19.3 Å². The molecule has 0 bridgehead atoms. The van der Waals surface area contributed by atoms with Gasteiger partial charge in [0.25, 0.3) is 0 Å². The van der Waals surface area contributed by atoms with Crippen LogP contribution in [0.2, 0.25) is 0 Å². The highest BCUT2D eigenvalue weighted by Gasteiger charge is 2.32. The lowest BCUT2D eigenvalue weighted by atomic mass is 9.77. The van der Waals surface area contributed by atoms with Crippen LogP contribution in [0.1, 0.15) is 47.0 Å². The van der Waals surface area contributed by atoms with Crippen molar-refractivity contribution in [2.75, 3.05) is 0 Å². The second kappa shape index (κ2) is 6.20. The molecule has 0 aromatic carbocycles. The fourth-order valence-electron chi connectivity index (χ4n) is 2.28. The van der Waals surface area contributed by atoms with Crippen molar-refractivity contribution in [1.82, 2.24) is 0 Å². The van der Waals surface area contributed by atoms with Gasteiger partial charge in [-0.15, -0.1) is 0 Å². The summed E-state index contributed by atoms with van der Waals surface area (Å²) in [5, 5.41) is 19.1. The van der Waals surface area contributed by atoms with Crippen LogP contribution in [0.5, 0.6) is 0 Å². The van der Waals surface area contributed by atoms with Gasteiger partial charge in [0.05, 0.1) is 5.57 Å². The van der Waals surface area contributed by atoms with E-state index in [9.17, 15) is 14.7 Å². The number of hydrogen-bond acceptors (Lipinski definition) is 4. The Balaban J connectivity index is 2.98. The topological polar surface area (TPSA) is 87.0 Å². The van der Waals surface area contributed by atoms with Crippen LogP contribution in [0.15, 0.2) is 16.3 Å². The number of nitrogens with zero attached hydrogens (tertiary/aromatic N) is 1. The molecule has 0 aromatic rings. The third-order valence-electron chi connectivity index (χ3n) is 3.70. The number of allylic oxidation sites excluding steroid dienone is 2. The largest absolute Gasteiger partial charge is 0.511 e. The van der Waals surface area contributed by atoms with E-state index in [1.807, 2.05) is 20.8 Å². The molecule has 5 heteroatoms. The van der Waals surface area contributed by atoms with Crippen molar-refractivity contribution in [3.05, 3.63) is 11.3 Å². The predicted molar refractivity (Wildman–Crippen MR) is 77.0 cm³/mol. The first kappa shape index (κ1) is 16.4. The summed E-state index contributed by atoms with van der Waals surface area (Å²) in [6.45, 7) is 7.51. The van der Waals surface area contributed by atoms with E-state index < -0.39 is 12.0 Å². The summed E-state index contributed by atoms with van der Waals surface area (Å²) < 4.78 is 0. The summed E-state index contributed by atoms with van der Waals surface area (Å²) in [6.07, 6.45) is 2.65. The zero-order valence-corrected chi connectivity index (χ0v) is 12.5. The molecule has 0 saturated carbocycles. The van der Waals surface area contributed by atoms with Crippen molar-refractivity contribution < 1.29 is 19.8 Å². The molecule has 20 heavy (non-hydrogen) atoms. The molecular formula is C15H23NO4. The molecule has 5 nitrogen and oxygen atoms in total. The number of Topliss-reactive ketones (excluding diaryl/α,β-unsaturated/α-hetero) is 1. The number of carboxylic acid groups (broad SMARTS) is 1. The number of carbonyl (C=O) groups excluding carboxylic acids is 1. The van der Waals surface area contributed by atoms with Gasteiger partial charge in [-0.3, -0.25) is 9.79 Å². The maximum absolute atomic E-state index is 12.0. The van der Waals surface area contributed by atoms with Crippen molar-refractivity contribution in [2.45, 2.75) is 53.0 Å². The van der Waals surface area contributed by atoms with Crippen LogP contribution in [0, 0.1) is 11.3 Å². The second-order valence-electron chi connectivity index (χ2n) is 6.25. The van der Waals surface area contributed by atoms with E-state index >= 15 is 0 Å². The van der Waals surface area contributed by atoms with Gasteiger partial charge < -0.3 is 10.2 Å². The quantitative estimate of drug-likeness (QED) is 0.758. The van der Waals surface area contributed by atoms with Gasteiger partial charge in [0, 0.05) is 19.1 Å². The Hall–Kier alpha value is -1.65. The van der Waals surface area contributed by atoms with Crippen LogP contribution in [0.25, 0.3) is 0 Å². The van der Waals surface area contributed by atoms with Crippen LogP contribution in [-0.4, -0.2) is 34.2 Å². The van der Waals surface area contributed by atoms with Gasteiger partial charge >= 0.3 is 5.97 Å².